The number of nitrogens with one attached hydrogen (secondary N) is 1. The third-order valence-corrected chi connectivity index (χ3v) is 3.54. The first-order chi connectivity index (χ1) is 7.88. The molecule has 0 unspecified atom stereocenters. The van der Waals surface area contributed by atoms with Crippen LogP contribution >= 0.6 is 11.3 Å². The Morgan fingerprint density at radius 2 is 2.31 bits per heavy atom. The van der Waals surface area contributed by atoms with Crippen LogP contribution in [-0.2, 0) is 11.3 Å². The van der Waals surface area contributed by atoms with Crippen LogP contribution in [0.5, 0.6) is 0 Å². The zero-order valence-electron chi connectivity index (χ0n) is 9.32. The van der Waals surface area contributed by atoms with Gasteiger partial charge in [0.05, 0.1) is 13.2 Å². The number of hydrogen-bond donors (Lipinski definition) is 2. The van der Waals surface area contributed by atoms with Crippen molar-refractivity contribution in [3.63, 3.8) is 0 Å². The summed E-state index contributed by atoms with van der Waals surface area (Å²) < 4.78 is 5.30. The summed E-state index contributed by atoms with van der Waals surface area (Å²) in [6.07, 6.45) is 1.84. The lowest BCUT2D eigenvalue weighted by atomic mass is 10.4. The summed E-state index contributed by atoms with van der Waals surface area (Å²) in [5, 5.41) is 4.28. The number of rotatable bonds is 5. The van der Waals surface area contributed by atoms with E-state index in [0.717, 1.165) is 49.4 Å². The molecule has 6 heteroatoms. The van der Waals surface area contributed by atoms with Crippen molar-refractivity contribution in [2.45, 2.75) is 6.54 Å². The fourth-order valence-corrected chi connectivity index (χ4v) is 2.35. The molecule has 1 saturated heterocycles. The number of thiazole rings is 1. The first-order valence-corrected chi connectivity index (χ1v) is 6.39. The van der Waals surface area contributed by atoms with Crippen LogP contribution in [0.25, 0.3) is 0 Å². The first kappa shape index (κ1) is 11.8. The van der Waals surface area contributed by atoms with E-state index in [1.165, 1.54) is 0 Å². The van der Waals surface area contributed by atoms with Gasteiger partial charge in [0.2, 0.25) is 0 Å². The number of nitrogens with zero attached hydrogens (tertiary/aromatic N) is 2. The molecule has 0 atom stereocenters. The second kappa shape index (κ2) is 6.15. The van der Waals surface area contributed by atoms with Gasteiger partial charge in [-0.25, -0.2) is 4.98 Å². The minimum Gasteiger partial charge on any atom is -0.379 e. The van der Waals surface area contributed by atoms with E-state index in [-0.39, 0.29) is 0 Å². The summed E-state index contributed by atoms with van der Waals surface area (Å²) in [4.78, 5) is 7.77. The molecule has 2 heterocycles. The van der Waals surface area contributed by atoms with E-state index in [2.05, 4.69) is 15.2 Å². The van der Waals surface area contributed by atoms with E-state index in [1.807, 2.05) is 6.20 Å². The Balaban J connectivity index is 1.66. The highest BCUT2D eigenvalue weighted by Crippen LogP contribution is 2.16. The molecule has 0 bridgehead atoms. The van der Waals surface area contributed by atoms with Crippen molar-refractivity contribution in [2.75, 3.05) is 44.7 Å². The first-order valence-electron chi connectivity index (χ1n) is 5.57. The number of aromatic nitrogens is 1. The summed E-state index contributed by atoms with van der Waals surface area (Å²) in [5.41, 5.74) is 5.53. The summed E-state index contributed by atoms with van der Waals surface area (Å²) in [7, 11) is 0. The van der Waals surface area contributed by atoms with Crippen LogP contribution in [-0.4, -0.2) is 49.3 Å². The summed E-state index contributed by atoms with van der Waals surface area (Å²) in [6.45, 7) is 6.32. The third-order valence-electron chi connectivity index (χ3n) is 2.56. The van der Waals surface area contributed by atoms with Crippen molar-refractivity contribution < 1.29 is 4.74 Å². The van der Waals surface area contributed by atoms with Crippen LogP contribution in [0.15, 0.2) is 6.20 Å². The Kier molecular flexibility index (Phi) is 4.53. The molecule has 1 aromatic heterocycles. The summed E-state index contributed by atoms with van der Waals surface area (Å²) in [5.74, 6) is 0. The topological polar surface area (TPSA) is 63.4 Å². The van der Waals surface area contributed by atoms with Crippen LogP contribution < -0.4 is 11.1 Å². The normalized spacial score (nSPS) is 17.6. The van der Waals surface area contributed by atoms with Gasteiger partial charge in [-0.15, -0.1) is 11.3 Å². The molecule has 1 aliphatic heterocycles. The Morgan fingerprint density at radius 1 is 1.50 bits per heavy atom. The second-order valence-electron chi connectivity index (χ2n) is 3.72. The zero-order valence-corrected chi connectivity index (χ0v) is 10.1. The van der Waals surface area contributed by atoms with Gasteiger partial charge in [0.15, 0.2) is 5.13 Å². The molecule has 1 aromatic rings. The predicted octanol–water partition coefficient (Wildman–Crippen LogP) is 0.346. The quantitative estimate of drug-likeness (QED) is 0.780. The summed E-state index contributed by atoms with van der Waals surface area (Å²) >= 11 is 1.63. The van der Waals surface area contributed by atoms with Gasteiger partial charge in [-0.2, -0.15) is 0 Å². The van der Waals surface area contributed by atoms with Crippen molar-refractivity contribution in [1.29, 1.82) is 0 Å². The highest BCUT2D eigenvalue weighted by atomic mass is 32.1. The van der Waals surface area contributed by atoms with Gasteiger partial charge in [0.25, 0.3) is 0 Å². The minimum absolute atomic E-state index is 0.572. The average Bonchev–Trinajstić information content (AvgIpc) is 2.78. The van der Waals surface area contributed by atoms with E-state index in [1.54, 1.807) is 11.3 Å². The third kappa shape index (κ3) is 3.41. The maximum atomic E-state index is 5.53. The average molecular weight is 242 g/mol. The van der Waals surface area contributed by atoms with Crippen LogP contribution in [0.4, 0.5) is 5.13 Å². The van der Waals surface area contributed by atoms with Gasteiger partial charge in [-0.1, -0.05) is 0 Å². The molecule has 3 N–H and O–H groups in total. The number of morpholine rings is 1. The van der Waals surface area contributed by atoms with E-state index < -0.39 is 0 Å². The molecule has 0 saturated carbocycles. The molecule has 0 aliphatic carbocycles. The lowest BCUT2D eigenvalue weighted by Crippen LogP contribution is -2.38. The molecular weight excluding hydrogens is 224 g/mol. The number of nitrogens with two attached hydrogens (primary N) is 1. The lowest BCUT2D eigenvalue weighted by Gasteiger charge is -2.26. The van der Waals surface area contributed by atoms with E-state index in [4.69, 9.17) is 10.5 Å². The Bertz CT molecular complexity index is 312. The largest absolute Gasteiger partial charge is 0.379 e. The molecule has 1 fully saturated rings. The molecule has 2 rings (SSSR count). The molecule has 0 spiro atoms. The van der Waals surface area contributed by atoms with Crippen LogP contribution in [0.1, 0.15) is 4.88 Å². The smallest absolute Gasteiger partial charge is 0.182 e. The molecule has 0 amide bonds. The Morgan fingerprint density at radius 3 is 3.00 bits per heavy atom. The molecule has 0 aromatic carbocycles. The van der Waals surface area contributed by atoms with E-state index >= 15 is 0 Å². The van der Waals surface area contributed by atoms with Gasteiger partial charge in [-0.3, -0.25) is 4.90 Å². The van der Waals surface area contributed by atoms with Gasteiger partial charge in [0, 0.05) is 43.8 Å². The van der Waals surface area contributed by atoms with Crippen LogP contribution in [0.2, 0.25) is 0 Å². The fraction of sp³-hybridized carbons (Fsp3) is 0.700. The zero-order chi connectivity index (χ0) is 11.2. The van der Waals surface area contributed by atoms with Crippen LogP contribution in [0, 0.1) is 0 Å². The van der Waals surface area contributed by atoms with Gasteiger partial charge < -0.3 is 15.8 Å². The van der Waals surface area contributed by atoms with Crippen molar-refractivity contribution >= 4 is 16.5 Å². The maximum Gasteiger partial charge on any atom is 0.182 e. The number of hydrogen-bond acceptors (Lipinski definition) is 6. The number of ether oxygens (including phenoxy) is 1. The van der Waals surface area contributed by atoms with Gasteiger partial charge >= 0.3 is 0 Å². The molecule has 90 valence electrons. The van der Waals surface area contributed by atoms with Crippen LogP contribution in [0.3, 0.4) is 0 Å². The summed E-state index contributed by atoms with van der Waals surface area (Å²) in [6, 6.07) is 0. The van der Waals surface area contributed by atoms with Gasteiger partial charge in [-0.05, 0) is 0 Å². The maximum absolute atomic E-state index is 5.53. The lowest BCUT2D eigenvalue weighted by molar-refractivity contribution is 0.0398. The van der Waals surface area contributed by atoms with Crippen molar-refractivity contribution in [3.05, 3.63) is 11.1 Å². The SMILES string of the molecule is NCc1cnc(NCCN2CCOCC2)s1. The monoisotopic (exact) mass is 242 g/mol. The Labute approximate surface area is 99.6 Å². The molecular formula is C10H18N4OS. The van der Waals surface area contributed by atoms with E-state index in [0.29, 0.717) is 6.54 Å². The molecule has 1 aliphatic rings. The highest BCUT2D eigenvalue weighted by Gasteiger charge is 2.09. The molecule has 0 radical (unpaired) electrons. The van der Waals surface area contributed by atoms with Gasteiger partial charge in [0.1, 0.15) is 0 Å². The predicted molar refractivity (Wildman–Crippen MR) is 65.8 cm³/mol. The standard InChI is InChI=1S/C10H18N4OS/c11-7-9-8-13-10(16-9)12-1-2-14-3-5-15-6-4-14/h8H,1-7,11H2,(H,12,13). The minimum atomic E-state index is 0.572. The van der Waals surface area contributed by atoms with E-state index in [9.17, 15) is 0 Å². The van der Waals surface area contributed by atoms with Crippen molar-refractivity contribution in [2.24, 2.45) is 5.73 Å². The fourth-order valence-electron chi connectivity index (χ4n) is 1.63. The van der Waals surface area contributed by atoms with Crippen molar-refractivity contribution in [3.8, 4) is 0 Å². The molecule has 5 nitrogen and oxygen atoms in total. The highest BCUT2D eigenvalue weighted by molar-refractivity contribution is 7.15. The second-order valence-corrected chi connectivity index (χ2v) is 4.83. The molecule has 16 heavy (non-hydrogen) atoms. The Hall–Kier alpha value is -0.690. The number of anilines is 1. The van der Waals surface area contributed by atoms with Crippen molar-refractivity contribution in [1.82, 2.24) is 9.88 Å².